The summed E-state index contributed by atoms with van der Waals surface area (Å²) in [6.07, 6.45) is 7.29. The highest BCUT2D eigenvalue weighted by Gasteiger charge is 2.26. The Morgan fingerprint density at radius 1 is 1.44 bits per heavy atom. The van der Waals surface area contributed by atoms with Crippen LogP contribution >= 0.6 is 27.7 Å². The molecule has 2 aromatic heterocycles. The van der Waals surface area contributed by atoms with Gasteiger partial charge in [0.1, 0.15) is 0 Å². The van der Waals surface area contributed by atoms with Crippen molar-refractivity contribution in [3.8, 4) is 5.82 Å². The van der Waals surface area contributed by atoms with Gasteiger partial charge in [0.15, 0.2) is 11.5 Å². The van der Waals surface area contributed by atoms with E-state index in [1.807, 2.05) is 38.3 Å². The summed E-state index contributed by atoms with van der Waals surface area (Å²) in [6, 6.07) is 5.41. The minimum absolute atomic E-state index is 0.00287. The average molecular weight is 420 g/mol. The lowest BCUT2D eigenvalue weighted by molar-refractivity contribution is 0.0686. The normalized spacial score (nSPS) is 12.3. The maximum Gasteiger partial charge on any atom is 0.357 e. The summed E-state index contributed by atoms with van der Waals surface area (Å²) in [4.78, 5) is 16.6. The highest BCUT2D eigenvalue weighted by atomic mass is 79.9. The lowest BCUT2D eigenvalue weighted by Crippen LogP contribution is -2.05. The second-order valence-electron chi connectivity index (χ2n) is 5.15. The second kappa shape index (κ2) is 8.31. The quantitative estimate of drug-likeness (QED) is 0.529. The molecule has 0 saturated carbocycles. The monoisotopic (exact) mass is 419 g/mol. The van der Waals surface area contributed by atoms with Crippen LogP contribution in [-0.4, -0.2) is 32.1 Å². The van der Waals surface area contributed by atoms with Crippen molar-refractivity contribution in [2.24, 2.45) is 0 Å². The van der Waals surface area contributed by atoms with Crippen molar-refractivity contribution in [1.82, 2.24) is 14.8 Å². The first-order valence-electron chi connectivity index (χ1n) is 7.42. The summed E-state index contributed by atoms with van der Waals surface area (Å²) >= 11 is 4.82. The van der Waals surface area contributed by atoms with Crippen molar-refractivity contribution in [2.75, 3.05) is 6.26 Å². The largest absolute Gasteiger partial charge is 0.476 e. The molecule has 0 spiro atoms. The Labute approximate surface area is 159 Å². The molecular formula is C18H18BrN3O2S. The number of rotatable bonds is 6. The molecule has 1 N–H and O–H groups in total. The van der Waals surface area contributed by atoms with Crippen LogP contribution in [0.3, 0.4) is 0 Å². The van der Waals surface area contributed by atoms with Gasteiger partial charge in [-0.25, -0.2) is 14.5 Å². The van der Waals surface area contributed by atoms with Gasteiger partial charge in [-0.1, -0.05) is 34.7 Å². The first-order valence-corrected chi connectivity index (χ1v) is 9.44. The molecule has 0 saturated heterocycles. The van der Waals surface area contributed by atoms with Gasteiger partial charge in [0.25, 0.3) is 0 Å². The van der Waals surface area contributed by atoms with E-state index < -0.39 is 5.97 Å². The summed E-state index contributed by atoms with van der Waals surface area (Å²) in [5.41, 5.74) is 2.25. The molecule has 7 heteroatoms. The Morgan fingerprint density at radius 3 is 2.64 bits per heavy atom. The predicted octanol–water partition coefficient (Wildman–Crippen LogP) is 4.95. The standard InChI is InChI=1S/C18H18BrN3O2S/c1-5-12(19)10-13(11(2)3)16-17(25-4)15(18(23)24)21-22(16)14-8-6-7-9-20-14/h5-10H,2H2,1,3-4H3,(H,23,24)/b12-5+,13-10+. The van der Waals surface area contributed by atoms with Gasteiger partial charge >= 0.3 is 5.97 Å². The molecule has 0 bridgehead atoms. The van der Waals surface area contributed by atoms with Gasteiger partial charge in [-0.15, -0.1) is 11.8 Å². The van der Waals surface area contributed by atoms with Crippen LogP contribution in [0.5, 0.6) is 0 Å². The van der Waals surface area contributed by atoms with Crippen LogP contribution in [0.25, 0.3) is 11.4 Å². The Balaban J connectivity index is 2.88. The highest BCUT2D eigenvalue weighted by Crippen LogP contribution is 2.36. The fourth-order valence-electron chi connectivity index (χ4n) is 2.23. The van der Waals surface area contributed by atoms with Crippen molar-refractivity contribution < 1.29 is 9.90 Å². The maximum absolute atomic E-state index is 11.7. The zero-order valence-electron chi connectivity index (χ0n) is 14.2. The van der Waals surface area contributed by atoms with Crippen LogP contribution in [0.2, 0.25) is 0 Å². The van der Waals surface area contributed by atoms with Crippen molar-refractivity contribution >= 4 is 39.2 Å². The van der Waals surface area contributed by atoms with Gasteiger partial charge in [-0.2, -0.15) is 5.10 Å². The van der Waals surface area contributed by atoms with Gasteiger partial charge in [0.2, 0.25) is 0 Å². The molecular weight excluding hydrogens is 402 g/mol. The predicted molar refractivity (Wildman–Crippen MR) is 106 cm³/mol. The number of allylic oxidation sites excluding steroid dienone is 5. The number of thioether (sulfide) groups is 1. The lowest BCUT2D eigenvalue weighted by Gasteiger charge is -2.12. The van der Waals surface area contributed by atoms with Crippen LogP contribution < -0.4 is 0 Å². The minimum Gasteiger partial charge on any atom is -0.476 e. The smallest absolute Gasteiger partial charge is 0.357 e. The van der Waals surface area contributed by atoms with E-state index in [-0.39, 0.29) is 5.69 Å². The molecule has 25 heavy (non-hydrogen) atoms. The molecule has 2 heterocycles. The summed E-state index contributed by atoms with van der Waals surface area (Å²) in [6.45, 7) is 7.83. The Bertz CT molecular complexity index is 870. The summed E-state index contributed by atoms with van der Waals surface area (Å²) < 4.78 is 2.43. The fraction of sp³-hybridized carbons (Fsp3) is 0.167. The molecule has 2 rings (SSSR count). The molecule has 5 nitrogen and oxygen atoms in total. The Morgan fingerprint density at radius 2 is 2.16 bits per heavy atom. The van der Waals surface area contributed by atoms with E-state index >= 15 is 0 Å². The third kappa shape index (κ3) is 4.11. The zero-order chi connectivity index (χ0) is 18.6. The van der Waals surface area contributed by atoms with Crippen LogP contribution in [0, 0.1) is 0 Å². The number of aromatic nitrogens is 3. The molecule has 0 amide bonds. The number of pyridine rings is 1. The number of carboxylic acid groups (broad SMARTS) is 1. The van der Waals surface area contributed by atoms with Crippen LogP contribution in [0.1, 0.15) is 30.0 Å². The zero-order valence-corrected chi connectivity index (χ0v) is 16.6. The van der Waals surface area contributed by atoms with Gasteiger partial charge in [-0.05, 0) is 43.9 Å². The second-order valence-corrected chi connectivity index (χ2v) is 6.88. The third-order valence-electron chi connectivity index (χ3n) is 3.39. The summed E-state index contributed by atoms with van der Waals surface area (Å²) in [5, 5.41) is 13.9. The van der Waals surface area contributed by atoms with Gasteiger partial charge in [0.05, 0.1) is 10.6 Å². The van der Waals surface area contributed by atoms with E-state index in [2.05, 4.69) is 32.6 Å². The van der Waals surface area contributed by atoms with Crippen molar-refractivity contribution in [3.05, 3.63) is 64.6 Å². The number of hydrogen-bond donors (Lipinski definition) is 1. The maximum atomic E-state index is 11.7. The van der Waals surface area contributed by atoms with Gasteiger partial charge in [-0.3, -0.25) is 0 Å². The van der Waals surface area contributed by atoms with Crippen LogP contribution in [0.4, 0.5) is 0 Å². The van der Waals surface area contributed by atoms with Crippen LogP contribution in [0.15, 0.2) is 58.1 Å². The number of carbonyl (C=O) groups is 1. The molecule has 0 aliphatic rings. The number of halogens is 1. The molecule has 0 atom stereocenters. The molecule has 0 aliphatic carbocycles. The van der Waals surface area contributed by atoms with E-state index in [0.29, 0.717) is 16.4 Å². The van der Waals surface area contributed by atoms with Crippen molar-refractivity contribution in [3.63, 3.8) is 0 Å². The fourth-order valence-corrected chi connectivity index (χ4v) is 3.17. The molecule has 0 radical (unpaired) electrons. The summed E-state index contributed by atoms with van der Waals surface area (Å²) in [7, 11) is 0. The van der Waals surface area contributed by atoms with E-state index in [0.717, 1.165) is 15.6 Å². The van der Waals surface area contributed by atoms with Gasteiger partial charge < -0.3 is 5.11 Å². The molecule has 0 fully saturated rings. The lowest BCUT2D eigenvalue weighted by atomic mass is 10.0. The average Bonchev–Trinajstić information content (AvgIpc) is 2.99. The minimum atomic E-state index is -1.08. The molecule has 0 aliphatic heterocycles. The van der Waals surface area contributed by atoms with E-state index in [1.165, 1.54) is 11.8 Å². The van der Waals surface area contributed by atoms with Crippen molar-refractivity contribution in [1.29, 1.82) is 0 Å². The number of nitrogens with zero attached hydrogens (tertiary/aromatic N) is 3. The molecule has 0 aromatic carbocycles. The van der Waals surface area contributed by atoms with Crippen molar-refractivity contribution in [2.45, 2.75) is 18.7 Å². The Kier molecular flexibility index (Phi) is 6.39. The first kappa shape index (κ1) is 19.2. The van der Waals surface area contributed by atoms with E-state index in [4.69, 9.17) is 0 Å². The number of carboxylic acids is 1. The molecule has 130 valence electrons. The van der Waals surface area contributed by atoms with E-state index in [9.17, 15) is 9.90 Å². The molecule has 0 unspecified atom stereocenters. The highest BCUT2D eigenvalue weighted by molar-refractivity contribution is 9.11. The first-order chi connectivity index (χ1) is 11.9. The third-order valence-corrected chi connectivity index (χ3v) is 4.87. The van der Waals surface area contributed by atoms with Crippen LogP contribution in [-0.2, 0) is 0 Å². The SMILES string of the molecule is C=C(C)/C(=C\C(Br)=C/C)c1c(SC)c(C(=O)O)nn1-c1ccccn1. The topological polar surface area (TPSA) is 68.0 Å². The number of hydrogen-bond acceptors (Lipinski definition) is 4. The van der Waals surface area contributed by atoms with E-state index in [1.54, 1.807) is 23.0 Å². The molecule has 2 aromatic rings. The Hall–Kier alpha value is -2.12. The number of aromatic carboxylic acids is 1. The van der Waals surface area contributed by atoms with Gasteiger partial charge in [0, 0.05) is 16.3 Å². The summed E-state index contributed by atoms with van der Waals surface area (Å²) in [5.74, 6) is -0.532.